The molecule has 1 amide bonds. The van der Waals surface area contributed by atoms with E-state index < -0.39 is 100 Å². The Morgan fingerprint density at radius 1 is 0.761 bits per heavy atom. The van der Waals surface area contributed by atoms with Crippen LogP contribution in [0.25, 0.3) is 0 Å². The van der Waals surface area contributed by atoms with Gasteiger partial charge in [-0.1, -0.05) is 18.2 Å². The molecule has 16 nitrogen and oxygen atoms in total. The lowest BCUT2D eigenvalue weighted by Crippen LogP contribution is -2.32. The number of nitrogens with zero attached hydrogens (tertiary/aromatic N) is 1. The fraction of sp³-hybridized carbons (Fsp3) is 0.586. The van der Waals surface area contributed by atoms with E-state index in [0.29, 0.717) is 0 Å². The van der Waals surface area contributed by atoms with E-state index in [4.69, 9.17) is 37.5 Å². The summed E-state index contributed by atoms with van der Waals surface area (Å²) in [6, 6.07) is 7.67. The number of carbonyl (C=O) groups is 6. The molecule has 0 aliphatic rings. The average Bonchev–Trinajstić information content (AvgIpc) is 2.92. The normalized spacial score (nSPS) is 14.2. The van der Waals surface area contributed by atoms with E-state index in [9.17, 15) is 33.3 Å². The maximum absolute atomic E-state index is 14.0. The first-order valence-corrected chi connectivity index (χ1v) is 16.0. The largest absolute Gasteiger partial charge is 0.510 e. The highest BCUT2D eigenvalue weighted by Crippen LogP contribution is 2.53. The van der Waals surface area contributed by atoms with Crippen LogP contribution in [0.5, 0.6) is 0 Å². The van der Waals surface area contributed by atoms with Gasteiger partial charge in [-0.15, -0.1) is 0 Å². The van der Waals surface area contributed by atoms with Crippen LogP contribution in [0.1, 0.15) is 64.7 Å². The molecule has 0 N–H and O–H groups in total. The van der Waals surface area contributed by atoms with Gasteiger partial charge in [0.1, 0.15) is 0 Å². The molecule has 1 aromatic carbocycles. The number of hydrogen-bond donors (Lipinski definition) is 0. The van der Waals surface area contributed by atoms with Crippen LogP contribution in [0.15, 0.2) is 30.3 Å². The second-order valence-electron chi connectivity index (χ2n) is 10.5. The van der Waals surface area contributed by atoms with E-state index in [0.717, 1.165) is 4.90 Å². The summed E-state index contributed by atoms with van der Waals surface area (Å²) in [4.78, 5) is 75.1. The number of benzene rings is 1. The van der Waals surface area contributed by atoms with E-state index in [1.165, 1.54) is 40.1 Å². The number of rotatable bonds is 17. The molecule has 1 aromatic rings. The first-order valence-electron chi connectivity index (χ1n) is 14.3. The summed E-state index contributed by atoms with van der Waals surface area (Å²) in [7, 11) is -1.74. The molecule has 0 aliphatic heterocycles. The third-order valence-corrected chi connectivity index (χ3v) is 7.46. The van der Waals surface area contributed by atoms with Crippen LogP contribution in [0.3, 0.4) is 0 Å². The van der Waals surface area contributed by atoms with Gasteiger partial charge in [-0.3, -0.25) is 28.0 Å². The monoisotopic (exact) mass is 675 g/mol. The molecule has 0 aromatic heterocycles. The van der Waals surface area contributed by atoms with Crippen molar-refractivity contribution in [2.45, 2.75) is 79.2 Å². The predicted octanol–water partition coefficient (Wildman–Crippen LogP) is 4.44. The fourth-order valence-corrected chi connectivity index (χ4v) is 5.41. The molecule has 1 rings (SSSR count). The smallest absolute Gasteiger partial charge is 0.455 e. The Labute approximate surface area is 267 Å². The van der Waals surface area contributed by atoms with Gasteiger partial charge in [0.2, 0.25) is 12.6 Å². The third-order valence-electron chi connectivity index (χ3n) is 5.33. The lowest BCUT2D eigenvalue weighted by Gasteiger charge is -2.27. The molecule has 0 saturated carbocycles. The molecule has 0 fully saturated rings. The van der Waals surface area contributed by atoms with E-state index in [1.807, 2.05) is 0 Å². The Morgan fingerprint density at radius 3 is 1.72 bits per heavy atom. The van der Waals surface area contributed by atoms with Crippen molar-refractivity contribution in [2.75, 3.05) is 26.9 Å². The Bertz CT molecular complexity index is 1200. The number of amides is 1. The molecule has 0 heterocycles. The Balaban J connectivity index is 3.23. The molecule has 0 bridgehead atoms. The van der Waals surface area contributed by atoms with Crippen LogP contribution >= 0.6 is 7.60 Å². The zero-order chi connectivity index (χ0) is 35.0. The van der Waals surface area contributed by atoms with Gasteiger partial charge in [0.05, 0.1) is 29.9 Å². The summed E-state index contributed by atoms with van der Waals surface area (Å²) in [5, 5.41) is 0. The summed E-state index contributed by atoms with van der Waals surface area (Å²) in [6.07, 6.45) is -8.37. The molecular formula is C29H42NO15P. The standard InChI is InChI=1S/C29H42NO15P/c1-18(2)39-28(35)41-20(5)44-46(37,45-21(6)42-29(36)40-19(3)4)17-23(26(33)38-16-24(31)30(7)8)14-15-25(32)43-27(34)22-12-10-9-11-13-22/h9-13,18-21,23H,14-17H2,1-8H3. The van der Waals surface area contributed by atoms with E-state index >= 15 is 0 Å². The number of esters is 3. The topological polar surface area (TPSA) is 197 Å². The highest BCUT2D eigenvalue weighted by Gasteiger charge is 2.39. The molecule has 3 atom stereocenters. The van der Waals surface area contributed by atoms with E-state index in [2.05, 4.69) is 0 Å². The third kappa shape index (κ3) is 16.3. The van der Waals surface area contributed by atoms with Crippen molar-refractivity contribution in [1.82, 2.24) is 4.90 Å². The van der Waals surface area contributed by atoms with Crippen molar-refractivity contribution in [3.8, 4) is 0 Å². The van der Waals surface area contributed by atoms with Crippen molar-refractivity contribution in [3.63, 3.8) is 0 Å². The molecular weight excluding hydrogens is 633 g/mol. The Kier molecular flexibility index (Phi) is 17.0. The number of ether oxygens (including phenoxy) is 6. The molecule has 0 saturated heterocycles. The molecule has 3 unspecified atom stereocenters. The minimum absolute atomic E-state index is 0.107. The van der Waals surface area contributed by atoms with Crippen LogP contribution in [0, 0.1) is 5.92 Å². The number of hydrogen-bond acceptors (Lipinski definition) is 15. The Hall–Kier alpha value is -4.01. The second-order valence-corrected chi connectivity index (χ2v) is 12.5. The summed E-state index contributed by atoms with van der Waals surface area (Å²) in [5.74, 6) is -5.08. The summed E-state index contributed by atoms with van der Waals surface area (Å²) < 4.78 is 54.5. The fourth-order valence-electron chi connectivity index (χ4n) is 3.33. The van der Waals surface area contributed by atoms with Crippen LogP contribution < -0.4 is 0 Å². The van der Waals surface area contributed by atoms with Crippen molar-refractivity contribution < 1.29 is 70.8 Å². The quantitative estimate of drug-likeness (QED) is 0.0738. The van der Waals surface area contributed by atoms with Crippen molar-refractivity contribution in [2.24, 2.45) is 5.92 Å². The zero-order valence-corrected chi connectivity index (χ0v) is 28.0. The van der Waals surface area contributed by atoms with Crippen LogP contribution in [0.2, 0.25) is 0 Å². The molecule has 0 spiro atoms. The minimum atomic E-state index is -4.61. The first kappa shape index (κ1) is 40.0. The summed E-state index contributed by atoms with van der Waals surface area (Å²) in [6.45, 7) is 7.93. The van der Waals surface area contributed by atoms with Crippen LogP contribution in [0.4, 0.5) is 9.59 Å². The maximum atomic E-state index is 14.0. The van der Waals surface area contributed by atoms with Crippen LogP contribution in [-0.2, 0) is 56.4 Å². The summed E-state index contributed by atoms with van der Waals surface area (Å²) in [5.41, 5.74) is 0.107. The average molecular weight is 676 g/mol. The molecule has 0 aliphatic carbocycles. The lowest BCUT2D eigenvalue weighted by molar-refractivity contribution is -0.155. The van der Waals surface area contributed by atoms with Gasteiger partial charge in [-0.25, -0.2) is 14.4 Å². The van der Waals surface area contributed by atoms with Gasteiger partial charge in [0, 0.05) is 20.5 Å². The highest BCUT2D eigenvalue weighted by atomic mass is 31.2. The second kappa shape index (κ2) is 19.5. The molecule has 0 radical (unpaired) electrons. The van der Waals surface area contributed by atoms with Crippen molar-refractivity contribution in [3.05, 3.63) is 35.9 Å². The summed E-state index contributed by atoms with van der Waals surface area (Å²) >= 11 is 0. The first-order chi connectivity index (χ1) is 21.4. The zero-order valence-electron chi connectivity index (χ0n) is 27.1. The predicted molar refractivity (Wildman–Crippen MR) is 158 cm³/mol. The van der Waals surface area contributed by atoms with Gasteiger partial charge in [-0.05, 0) is 60.1 Å². The van der Waals surface area contributed by atoms with Gasteiger partial charge >= 0.3 is 37.8 Å². The Morgan fingerprint density at radius 2 is 1.26 bits per heavy atom. The molecule has 17 heteroatoms. The van der Waals surface area contributed by atoms with Gasteiger partial charge in [-0.2, -0.15) is 0 Å². The molecule has 46 heavy (non-hydrogen) atoms. The van der Waals surface area contributed by atoms with Crippen molar-refractivity contribution >= 4 is 43.7 Å². The molecule has 258 valence electrons. The van der Waals surface area contributed by atoms with E-state index in [-0.39, 0.29) is 5.56 Å². The van der Waals surface area contributed by atoms with Gasteiger partial charge in [0.25, 0.3) is 5.91 Å². The minimum Gasteiger partial charge on any atom is -0.455 e. The van der Waals surface area contributed by atoms with E-state index in [1.54, 1.807) is 45.9 Å². The number of likely N-dealkylation sites (N-methyl/N-ethyl adjacent to an activating group) is 1. The van der Waals surface area contributed by atoms with Gasteiger partial charge < -0.3 is 33.3 Å². The highest BCUT2D eigenvalue weighted by molar-refractivity contribution is 7.53. The SMILES string of the molecule is CC(C)OC(=O)OC(C)OP(=O)(CC(CCC(=O)OC(=O)c1ccccc1)C(=O)OCC(=O)N(C)C)OC(C)OC(=O)OC(C)C. The number of carbonyl (C=O) groups excluding carboxylic acids is 6. The van der Waals surface area contributed by atoms with Crippen molar-refractivity contribution in [1.29, 1.82) is 0 Å². The van der Waals surface area contributed by atoms with Crippen LogP contribution in [-0.4, -0.2) is 92.7 Å². The van der Waals surface area contributed by atoms with Gasteiger partial charge in [0.15, 0.2) is 6.61 Å². The maximum Gasteiger partial charge on any atom is 0.510 e. The lowest BCUT2D eigenvalue weighted by atomic mass is 10.1.